The summed E-state index contributed by atoms with van der Waals surface area (Å²) in [5.41, 5.74) is 1.01. The van der Waals surface area contributed by atoms with Crippen LogP contribution in [0.1, 0.15) is 34.6 Å². The number of ether oxygens (including phenoxy) is 1. The fraction of sp³-hybridized carbons (Fsp3) is 0.263. The number of hydrogen-bond acceptors (Lipinski definition) is 6. The molecule has 8 nitrogen and oxygen atoms in total. The molecule has 1 aliphatic rings. The largest absolute Gasteiger partial charge is 0.467 e. The third kappa shape index (κ3) is 4.22. The number of amides is 3. The van der Waals surface area contributed by atoms with E-state index in [0.29, 0.717) is 16.9 Å². The Bertz CT molecular complexity index is 874. The molecule has 1 aromatic heterocycles. The molecule has 3 amide bonds. The predicted octanol–water partition coefficient (Wildman–Crippen LogP) is 1.23. The summed E-state index contributed by atoms with van der Waals surface area (Å²) in [5.74, 6) is -1.81. The summed E-state index contributed by atoms with van der Waals surface area (Å²) in [6.45, 7) is 0.671. The van der Waals surface area contributed by atoms with Gasteiger partial charge in [-0.2, -0.15) is 0 Å². The number of hydrogen-bond donors (Lipinski definition) is 1. The highest BCUT2D eigenvalue weighted by molar-refractivity contribution is 6.11. The minimum atomic E-state index is -0.836. The molecule has 1 N–H and O–H groups in total. The molecule has 2 heterocycles. The molecule has 0 fully saturated rings. The summed E-state index contributed by atoms with van der Waals surface area (Å²) in [5, 5.41) is 2.61. The summed E-state index contributed by atoms with van der Waals surface area (Å²) >= 11 is 0. The first-order valence-electron chi connectivity index (χ1n) is 8.36. The van der Waals surface area contributed by atoms with Crippen LogP contribution in [0.3, 0.4) is 0 Å². The monoisotopic (exact) mass is 370 g/mol. The average molecular weight is 370 g/mol. The van der Waals surface area contributed by atoms with Crippen LogP contribution in [0.2, 0.25) is 0 Å². The van der Waals surface area contributed by atoms with Crippen LogP contribution in [0.5, 0.6) is 0 Å². The van der Waals surface area contributed by atoms with Gasteiger partial charge in [0, 0.05) is 5.56 Å². The third-order valence-electron chi connectivity index (χ3n) is 4.13. The van der Waals surface area contributed by atoms with E-state index in [1.54, 1.807) is 43.3 Å². The maximum atomic E-state index is 12.4. The number of fused-ring (bicyclic) bond motifs is 1. The molecule has 0 saturated carbocycles. The van der Waals surface area contributed by atoms with Gasteiger partial charge in [-0.1, -0.05) is 18.2 Å². The summed E-state index contributed by atoms with van der Waals surface area (Å²) in [7, 11) is 0. The van der Waals surface area contributed by atoms with Crippen molar-refractivity contribution in [3.63, 3.8) is 0 Å². The topological polar surface area (TPSA) is 106 Å². The number of nitrogens with one attached hydrogen (secondary N) is 1. The third-order valence-corrected chi connectivity index (χ3v) is 4.13. The van der Waals surface area contributed by atoms with Crippen LogP contribution < -0.4 is 5.32 Å². The molecule has 0 saturated heterocycles. The molecule has 27 heavy (non-hydrogen) atoms. The van der Waals surface area contributed by atoms with Crippen LogP contribution >= 0.6 is 0 Å². The molecule has 1 aromatic carbocycles. The minimum absolute atomic E-state index is 0.0380. The van der Waals surface area contributed by atoms with Crippen LogP contribution in [0, 0.1) is 0 Å². The standard InChI is InChI=1S/C19H18N2O6/c1-12(15-7-4-8-26-15)20-16(22)11-27-18(24)10-21-17(23)9-13-5-2-3-6-14(13)19(21)25/h2-8,12H,9-11H2,1H3,(H,20,22)/t12-/m1/s1. The lowest BCUT2D eigenvalue weighted by Crippen LogP contribution is -2.45. The van der Waals surface area contributed by atoms with Crippen molar-refractivity contribution in [2.75, 3.05) is 13.2 Å². The quantitative estimate of drug-likeness (QED) is 0.605. The fourth-order valence-corrected chi connectivity index (χ4v) is 2.77. The molecule has 2 aromatic rings. The van der Waals surface area contributed by atoms with E-state index in [2.05, 4.69) is 5.32 Å². The Balaban J connectivity index is 1.51. The molecule has 0 bridgehead atoms. The highest BCUT2D eigenvalue weighted by atomic mass is 16.5. The Hall–Kier alpha value is -3.42. The second-order valence-electron chi connectivity index (χ2n) is 6.08. The van der Waals surface area contributed by atoms with Crippen molar-refractivity contribution in [3.8, 4) is 0 Å². The van der Waals surface area contributed by atoms with E-state index in [1.807, 2.05) is 0 Å². The number of benzene rings is 1. The first-order valence-corrected chi connectivity index (χ1v) is 8.36. The van der Waals surface area contributed by atoms with Gasteiger partial charge < -0.3 is 14.5 Å². The zero-order valence-electron chi connectivity index (χ0n) is 14.6. The maximum absolute atomic E-state index is 12.4. The van der Waals surface area contributed by atoms with E-state index >= 15 is 0 Å². The Kier molecular flexibility index (Phi) is 5.35. The van der Waals surface area contributed by atoms with Crippen LogP contribution in [-0.2, 0) is 25.5 Å². The van der Waals surface area contributed by atoms with Crippen LogP contribution in [0.25, 0.3) is 0 Å². The van der Waals surface area contributed by atoms with Crippen molar-refractivity contribution in [2.24, 2.45) is 0 Å². The SMILES string of the molecule is C[C@@H](NC(=O)COC(=O)CN1C(=O)Cc2ccccc2C1=O)c1ccco1. The van der Waals surface area contributed by atoms with E-state index in [1.165, 1.54) is 6.26 Å². The first-order chi connectivity index (χ1) is 13.0. The predicted molar refractivity (Wildman–Crippen MR) is 92.4 cm³/mol. The summed E-state index contributed by atoms with van der Waals surface area (Å²) in [6.07, 6.45) is 1.53. The van der Waals surface area contributed by atoms with E-state index in [9.17, 15) is 19.2 Å². The van der Waals surface area contributed by atoms with Crippen LogP contribution in [-0.4, -0.2) is 41.7 Å². The van der Waals surface area contributed by atoms with E-state index in [4.69, 9.17) is 9.15 Å². The van der Waals surface area contributed by atoms with Crippen molar-refractivity contribution >= 4 is 23.7 Å². The van der Waals surface area contributed by atoms with Gasteiger partial charge >= 0.3 is 5.97 Å². The Labute approximate surface area is 155 Å². The molecule has 3 rings (SSSR count). The van der Waals surface area contributed by atoms with Crippen molar-refractivity contribution in [1.29, 1.82) is 0 Å². The van der Waals surface area contributed by atoms with Gasteiger partial charge in [0.1, 0.15) is 12.3 Å². The molecule has 0 spiro atoms. The van der Waals surface area contributed by atoms with Crippen LogP contribution in [0.15, 0.2) is 47.1 Å². The average Bonchev–Trinajstić information content (AvgIpc) is 3.18. The molecule has 0 unspecified atom stereocenters. The van der Waals surface area contributed by atoms with Gasteiger partial charge in [0.25, 0.3) is 11.8 Å². The zero-order chi connectivity index (χ0) is 19.4. The Morgan fingerprint density at radius 1 is 1.22 bits per heavy atom. The van der Waals surface area contributed by atoms with Gasteiger partial charge in [-0.15, -0.1) is 0 Å². The van der Waals surface area contributed by atoms with Crippen molar-refractivity contribution < 1.29 is 28.3 Å². The van der Waals surface area contributed by atoms with Crippen LogP contribution in [0.4, 0.5) is 0 Å². The second-order valence-corrected chi connectivity index (χ2v) is 6.08. The number of imide groups is 1. The Morgan fingerprint density at radius 2 is 2.00 bits per heavy atom. The summed E-state index contributed by atoms with van der Waals surface area (Å²) in [4.78, 5) is 49.2. The first kappa shape index (κ1) is 18.4. The molecule has 0 radical (unpaired) electrons. The van der Waals surface area contributed by atoms with Gasteiger partial charge in [0.05, 0.1) is 18.7 Å². The summed E-state index contributed by atoms with van der Waals surface area (Å²) in [6, 6.07) is 9.76. The van der Waals surface area contributed by atoms with E-state index in [0.717, 1.165) is 4.90 Å². The normalized spacial score (nSPS) is 14.5. The number of carbonyl (C=O) groups excluding carboxylic acids is 4. The number of rotatable bonds is 6. The number of furan rings is 1. The van der Waals surface area contributed by atoms with Gasteiger partial charge in [-0.05, 0) is 30.7 Å². The number of nitrogens with zero attached hydrogens (tertiary/aromatic N) is 1. The van der Waals surface area contributed by atoms with Gasteiger partial charge in [-0.25, -0.2) is 0 Å². The van der Waals surface area contributed by atoms with Gasteiger partial charge in [-0.3, -0.25) is 24.1 Å². The molecule has 1 atom stereocenters. The molecule has 1 aliphatic heterocycles. The van der Waals surface area contributed by atoms with Crippen molar-refractivity contribution in [2.45, 2.75) is 19.4 Å². The smallest absolute Gasteiger partial charge is 0.326 e. The van der Waals surface area contributed by atoms with E-state index < -0.39 is 36.8 Å². The molecular formula is C19H18N2O6. The zero-order valence-corrected chi connectivity index (χ0v) is 14.6. The molecule has 8 heteroatoms. The highest BCUT2D eigenvalue weighted by Crippen LogP contribution is 2.19. The summed E-state index contributed by atoms with van der Waals surface area (Å²) < 4.78 is 10.1. The lowest BCUT2D eigenvalue weighted by molar-refractivity contribution is -0.151. The van der Waals surface area contributed by atoms with Gasteiger partial charge in [0.2, 0.25) is 5.91 Å². The number of carbonyl (C=O) groups is 4. The minimum Gasteiger partial charge on any atom is -0.467 e. The highest BCUT2D eigenvalue weighted by Gasteiger charge is 2.32. The Morgan fingerprint density at radius 3 is 2.74 bits per heavy atom. The molecular weight excluding hydrogens is 352 g/mol. The van der Waals surface area contributed by atoms with Gasteiger partial charge in [0.15, 0.2) is 6.61 Å². The fourth-order valence-electron chi connectivity index (χ4n) is 2.77. The van der Waals surface area contributed by atoms with Crippen molar-refractivity contribution in [1.82, 2.24) is 10.2 Å². The maximum Gasteiger partial charge on any atom is 0.326 e. The van der Waals surface area contributed by atoms with Crippen molar-refractivity contribution in [3.05, 3.63) is 59.5 Å². The number of esters is 1. The van der Waals surface area contributed by atoms with E-state index in [-0.39, 0.29) is 12.5 Å². The molecule has 140 valence electrons. The lowest BCUT2D eigenvalue weighted by atomic mass is 9.98. The lowest BCUT2D eigenvalue weighted by Gasteiger charge is -2.25. The molecule has 0 aliphatic carbocycles. The second kappa shape index (κ2) is 7.86.